The van der Waals surface area contributed by atoms with Crippen LogP contribution in [0.25, 0.3) is 39.3 Å². The van der Waals surface area contributed by atoms with E-state index in [-0.39, 0.29) is 0 Å². The number of nitrogens with zero attached hydrogens (tertiary/aromatic N) is 5. The average Bonchev–Trinajstić information content (AvgIpc) is 3.40. The van der Waals surface area contributed by atoms with Gasteiger partial charge in [0.15, 0.2) is 0 Å². The Balaban J connectivity index is 1.15. The van der Waals surface area contributed by atoms with Crippen molar-refractivity contribution in [3.63, 3.8) is 0 Å². The molecule has 1 saturated heterocycles. The van der Waals surface area contributed by atoms with Gasteiger partial charge in [-0.25, -0.2) is 4.98 Å². The van der Waals surface area contributed by atoms with E-state index in [2.05, 4.69) is 92.3 Å². The number of pyridine rings is 2. The molecule has 1 N–H and O–H groups in total. The molecule has 6 rings (SSSR count). The maximum atomic E-state index is 4.74. The molecule has 0 amide bonds. The predicted octanol–water partition coefficient (Wildman–Crippen LogP) is 5.07. The van der Waals surface area contributed by atoms with E-state index >= 15 is 0 Å². The number of likely N-dealkylation sites (N-methyl/N-ethyl adjacent to an activating group) is 1. The molecule has 3 aromatic heterocycles. The summed E-state index contributed by atoms with van der Waals surface area (Å²) in [6, 6.07) is 27.6. The highest BCUT2D eigenvalue weighted by molar-refractivity contribution is 5.73. The summed E-state index contributed by atoms with van der Waals surface area (Å²) in [6.45, 7) is 7.67. The molecule has 192 valence electrons. The first-order valence-electron chi connectivity index (χ1n) is 13.4. The second kappa shape index (κ2) is 11.3. The zero-order chi connectivity index (χ0) is 25.7. The van der Waals surface area contributed by atoms with Gasteiger partial charge in [-0.3, -0.25) is 14.3 Å². The number of hydrogen-bond donors (Lipinski definition) is 1. The maximum Gasteiger partial charge on any atom is 0.137 e. The predicted molar refractivity (Wildman–Crippen MR) is 155 cm³/mol. The molecule has 1 fully saturated rings. The van der Waals surface area contributed by atoms with Crippen molar-refractivity contribution in [1.29, 1.82) is 0 Å². The Kier molecular flexibility index (Phi) is 7.27. The van der Waals surface area contributed by atoms with Gasteiger partial charge >= 0.3 is 0 Å². The van der Waals surface area contributed by atoms with Gasteiger partial charge in [0, 0.05) is 69.3 Å². The Bertz CT molecular complexity index is 1500. The molecule has 5 aromatic rings. The van der Waals surface area contributed by atoms with Gasteiger partial charge in [-0.05, 0) is 54.1 Å². The average molecular weight is 503 g/mol. The summed E-state index contributed by atoms with van der Waals surface area (Å²) in [5, 5.41) is 3.63. The van der Waals surface area contributed by atoms with Crippen LogP contribution in [-0.2, 0) is 6.54 Å². The molecule has 0 radical (unpaired) electrons. The van der Waals surface area contributed by atoms with Crippen LogP contribution in [0, 0.1) is 0 Å². The first kappa shape index (κ1) is 24.5. The van der Waals surface area contributed by atoms with Crippen LogP contribution in [0.3, 0.4) is 0 Å². The summed E-state index contributed by atoms with van der Waals surface area (Å²) < 4.78 is 2.15. The molecule has 0 unspecified atom stereocenters. The first-order valence-corrected chi connectivity index (χ1v) is 13.4. The number of rotatable bonds is 8. The third kappa shape index (κ3) is 5.53. The van der Waals surface area contributed by atoms with Crippen LogP contribution in [0.5, 0.6) is 0 Å². The zero-order valence-corrected chi connectivity index (χ0v) is 21.9. The lowest BCUT2D eigenvalue weighted by molar-refractivity contribution is 0.154. The Morgan fingerprint density at radius 3 is 2.45 bits per heavy atom. The normalized spacial score (nSPS) is 14.8. The summed E-state index contributed by atoms with van der Waals surface area (Å²) in [5.41, 5.74) is 8.86. The zero-order valence-electron chi connectivity index (χ0n) is 21.9. The van der Waals surface area contributed by atoms with Crippen molar-refractivity contribution >= 4 is 5.65 Å². The van der Waals surface area contributed by atoms with E-state index < -0.39 is 0 Å². The second-order valence-electron chi connectivity index (χ2n) is 10.1. The molecular weight excluding hydrogens is 468 g/mol. The molecule has 0 aliphatic carbocycles. The van der Waals surface area contributed by atoms with Gasteiger partial charge in [-0.15, -0.1) is 0 Å². The molecule has 0 bridgehead atoms. The molecule has 6 nitrogen and oxygen atoms in total. The number of imidazole rings is 1. The molecule has 2 aromatic carbocycles. The van der Waals surface area contributed by atoms with Crippen LogP contribution in [0.4, 0.5) is 0 Å². The van der Waals surface area contributed by atoms with E-state index in [1.807, 2.05) is 36.7 Å². The third-order valence-electron chi connectivity index (χ3n) is 7.43. The van der Waals surface area contributed by atoms with E-state index in [9.17, 15) is 0 Å². The molecule has 1 aliphatic heterocycles. The quantitative estimate of drug-likeness (QED) is 0.300. The molecule has 6 heteroatoms. The van der Waals surface area contributed by atoms with E-state index in [4.69, 9.17) is 4.98 Å². The Hall–Kier alpha value is -3.84. The Morgan fingerprint density at radius 1 is 0.763 bits per heavy atom. The van der Waals surface area contributed by atoms with Gasteiger partial charge in [0.1, 0.15) is 5.65 Å². The molecule has 4 heterocycles. The molecule has 0 spiro atoms. The molecule has 1 aliphatic rings. The van der Waals surface area contributed by atoms with Crippen molar-refractivity contribution < 1.29 is 0 Å². The van der Waals surface area contributed by atoms with Crippen LogP contribution in [0.1, 0.15) is 5.56 Å². The van der Waals surface area contributed by atoms with E-state index in [0.29, 0.717) is 0 Å². The van der Waals surface area contributed by atoms with Crippen molar-refractivity contribution in [3.8, 4) is 33.6 Å². The fraction of sp³-hybridized carbons (Fsp3) is 0.250. The Morgan fingerprint density at radius 2 is 1.58 bits per heavy atom. The lowest BCUT2D eigenvalue weighted by Gasteiger charge is -2.32. The van der Waals surface area contributed by atoms with Crippen molar-refractivity contribution in [2.45, 2.75) is 6.54 Å². The summed E-state index contributed by atoms with van der Waals surface area (Å²) in [7, 11) is 2.20. The number of aromatic nitrogens is 3. The SMILES string of the molecule is CN1CCN(CCNCc2cccc(-c3ccn4c(-c5ccnc(-c6ccccc6)c5)cnc4c3)c2)CC1. The van der Waals surface area contributed by atoms with E-state index in [1.54, 1.807) is 0 Å². The highest BCUT2D eigenvalue weighted by Gasteiger charge is 2.13. The van der Waals surface area contributed by atoms with Gasteiger partial charge in [0.05, 0.1) is 17.6 Å². The monoisotopic (exact) mass is 502 g/mol. The van der Waals surface area contributed by atoms with Crippen LogP contribution in [0.15, 0.2) is 97.5 Å². The van der Waals surface area contributed by atoms with Gasteiger partial charge in [0.2, 0.25) is 0 Å². The maximum absolute atomic E-state index is 4.74. The number of hydrogen-bond acceptors (Lipinski definition) is 5. The lowest BCUT2D eigenvalue weighted by Crippen LogP contribution is -2.46. The van der Waals surface area contributed by atoms with Crippen molar-refractivity contribution in [2.24, 2.45) is 0 Å². The van der Waals surface area contributed by atoms with Crippen LogP contribution in [-0.4, -0.2) is 70.5 Å². The van der Waals surface area contributed by atoms with Gasteiger partial charge in [-0.1, -0.05) is 48.5 Å². The summed E-state index contributed by atoms with van der Waals surface area (Å²) in [4.78, 5) is 14.3. The fourth-order valence-electron chi connectivity index (χ4n) is 5.13. The summed E-state index contributed by atoms with van der Waals surface area (Å²) in [5.74, 6) is 0. The third-order valence-corrected chi connectivity index (χ3v) is 7.43. The standard InChI is InChI=1S/C32H34N6/c1-36-16-18-37(19-17-36)15-13-33-23-25-6-5-9-27(20-25)28-11-14-38-31(24-35-32(38)22-28)29-10-12-34-30(21-29)26-7-3-2-4-8-26/h2-12,14,20-22,24,33H,13,15-19,23H2,1H3. The fourth-order valence-corrected chi connectivity index (χ4v) is 5.13. The van der Waals surface area contributed by atoms with Gasteiger partial charge in [-0.2, -0.15) is 0 Å². The van der Waals surface area contributed by atoms with Crippen LogP contribution in [0.2, 0.25) is 0 Å². The summed E-state index contributed by atoms with van der Waals surface area (Å²) >= 11 is 0. The highest BCUT2D eigenvalue weighted by atomic mass is 15.2. The number of fused-ring (bicyclic) bond motifs is 1. The minimum absolute atomic E-state index is 0.878. The van der Waals surface area contributed by atoms with E-state index in [1.165, 1.54) is 42.9 Å². The second-order valence-corrected chi connectivity index (χ2v) is 10.1. The van der Waals surface area contributed by atoms with E-state index in [0.717, 1.165) is 47.8 Å². The molecule has 38 heavy (non-hydrogen) atoms. The molecular formula is C32H34N6. The van der Waals surface area contributed by atoms with Crippen molar-refractivity contribution in [3.05, 3.63) is 103 Å². The largest absolute Gasteiger partial charge is 0.311 e. The number of nitrogens with one attached hydrogen (secondary N) is 1. The molecule has 0 saturated carbocycles. The van der Waals surface area contributed by atoms with Gasteiger partial charge < -0.3 is 10.2 Å². The van der Waals surface area contributed by atoms with Gasteiger partial charge in [0.25, 0.3) is 0 Å². The van der Waals surface area contributed by atoms with Crippen LogP contribution >= 0.6 is 0 Å². The first-order chi connectivity index (χ1) is 18.7. The minimum Gasteiger partial charge on any atom is -0.311 e. The van der Waals surface area contributed by atoms with Crippen molar-refractivity contribution in [2.75, 3.05) is 46.3 Å². The van der Waals surface area contributed by atoms with Crippen molar-refractivity contribution in [1.82, 2.24) is 29.5 Å². The van der Waals surface area contributed by atoms with Crippen LogP contribution < -0.4 is 5.32 Å². The molecule has 0 atom stereocenters. The lowest BCUT2D eigenvalue weighted by atomic mass is 10.0. The Labute approximate surface area is 224 Å². The number of piperazine rings is 1. The smallest absolute Gasteiger partial charge is 0.137 e. The summed E-state index contributed by atoms with van der Waals surface area (Å²) in [6.07, 6.45) is 5.94. The number of benzene rings is 2. The highest BCUT2D eigenvalue weighted by Crippen LogP contribution is 2.28. The topological polar surface area (TPSA) is 48.7 Å². The minimum atomic E-state index is 0.878.